The topological polar surface area (TPSA) is 58.6 Å². The average molecular weight is 413 g/mol. The molecule has 0 spiro atoms. The van der Waals surface area contributed by atoms with E-state index in [1.54, 1.807) is 36.4 Å². The summed E-state index contributed by atoms with van der Waals surface area (Å²) < 4.78 is 18.7. The highest BCUT2D eigenvalue weighted by Gasteiger charge is 2.24. The summed E-state index contributed by atoms with van der Waals surface area (Å²) >= 11 is 0. The minimum Gasteiger partial charge on any atom is -0.489 e. The number of hydrogen-bond donors (Lipinski definition) is 1. The number of nitrogens with one attached hydrogen (secondary N) is 1. The van der Waals surface area contributed by atoms with Crippen molar-refractivity contribution in [3.63, 3.8) is 0 Å². The van der Waals surface area contributed by atoms with Crippen LogP contribution >= 0.6 is 0 Å². The molecule has 0 aromatic heterocycles. The largest absolute Gasteiger partial charge is 0.489 e. The van der Waals surface area contributed by atoms with Gasteiger partial charge in [0.25, 0.3) is 5.91 Å². The molecule has 0 unspecified atom stereocenters. The molecule has 1 heterocycles. The molecule has 1 aliphatic heterocycles. The SMILES string of the molecule is CC(C)CC(=O)N1CCC(NC(=O)c2cccc(OCc3ccc(F)cc3)c2)CC1. The zero-order chi connectivity index (χ0) is 21.5. The number of hydrogen-bond acceptors (Lipinski definition) is 3. The number of carbonyl (C=O) groups is 2. The van der Waals surface area contributed by atoms with Crippen molar-refractivity contribution in [2.24, 2.45) is 5.92 Å². The van der Waals surface area contributed by atoms with Crippen LogP contribution in [0.2, 0.25) is 0 Å². The maximum absolute atomic E-state index is 13.0. The van der Waals surface area contributed by atoms with Crippen LogP contribution < -0.4 is 10.1 Å². The minimum absolute atomic E-state index is 0.0596. The van der Waals surface area contributed by atoms with Gasteiger partial charge in [0, 0.05) is 31.1 Å². The third-order valence-electron chi connectivity index (χ3n) is 5.18. The van der Waals surface area contributed by atoms with Gasteiger partial charge in [-0.15, -0.1) is 0 Å². The number of benzene rings is 2. The van der Waals surface area contributed by atoms with Crippen molar-refractivity contribution < 1.29 is 18.7 Å². The molecule has 1 N–H and O–H groups in total. The lowest BCUT2D eigenvalue weighted by Crippen LogP contribution is -2.46. The van der Waals surface area contributed by atoms with Crippen LogP contribution in [-0.2, 0) is 11.4 Å². The number of ether oxygens (including phenoxy) is 1. The first-order valence-electron chi connectivity index (χ1n) is 10.5. The van der Waals surface area contributed by atoms with Gasteiger partial charge in [-0.1, -0.05) is 32.0 Å². The van der Waals surface area contributed by atoms with Crippen molar-refractivity contribution >= 4 is 11.8 Å². The molecule has 1 aliphatic rings. The quantitative estimate of drug-likeness (QED) is 0.743. The summed E-state index contributed by atoms with van der Waals surface area (Å²) in [7, 11) is 0. The molecule has 30 heavy (non-hydrogen) atoms. The van der Waals surface area contributed by atoms with E-state index in [0.717, 1.165) is 18.4 Å². The summed E-state index contributed by atoms with van der Waals surface area (Å²) in [5.41, 5.74) is 1.38. The van der Waals surface area contributed by atoms with Crippen LogP contribution in [0.15, 0.2) is 48.5 Å². The fourth-order valence-corrected chi connectivity index (χ4v) is 3.49. The Balaban J connectivity index is 1.49. The first-order valence-corrected chi connectivity index (χ1v) is 10.5. The van der Waals surface area contributed by atoms with Crippen molar-refractivity contribution in [2.45, 2.75) is 45.8 Å². The lowest BCUT2D eigenvalue weighted by Gasteiger charge is -2.33. The van der Waals surface area contributed by atoms with Gasteiger partial charge in [0.05, 0.1) is 0 Å². The van der Waals surface area contributed by atoms with Gasteiger partial charge in [-0.2, -0.15) is 0 Å². The zero-order valence-corrected chi connectivity index (χ0v) is 17.6. The molecule has 0 bridgehead atoms. The van der Waals surface area contributed by atoms with Gasteiger partial charge >= 0.3 is 0 Å². The lowest BCUT2D eigenvalue weighted by molar-refractivity contribution is -0.133. The fourth-order valence-electron chi connectivity index (χ4n) is 3.49. The van der Waals surface area contributed by atoms with Gasteiger partial charge in [-0.25, -0.2) is 4.39 Å². The summed E-state index contributed by atoms with van der Waals surface area (Å²) in [6, 6.07) is 13.2. The maximum atomic E-state index is 13.0. The second kappa shape index (κ2) is 10.2. The van der Waals surface area contributed by atoms with Crippen molar-refractivity contribution in [1.29, 1.82) is 0 Å². The number of carbonyl (C=O) groups excluding carboxylic acids is 2. The molecule has 2 aromatic rings. The molecule has 1 fully saturated rings. The van der Waals surface area contributed by atoms with Crippen LogP contribution in [0, 0.1) is 11.7 Å². The highest BCUT2D eigenvalue weighted by Crippen LogP contribution is 2.18. The monoisotopic (exact) mass is 412 g/mol. The predicted octanol–water partition coefficient (Wildman–Crippen LogP) is 4.17. The van der Waals surface area contributed by atoms with E-state index in [1.807, 2.05) is 18.7 Å². The van der Waals surface area contributed by atoms with Crippen LogP contribution in [0.1, 0.15) is 49.0 Å². The molecular weight excluding hydrogens is 383 g/mol. The molecule has 0 aliphatic carbocycles. The van der Waals surface area contributed by atoms with Crippen molar-refractivity contribution in [3.05, 3.63) is 65.5 Å². The van der Waals surface area contributed by atoms with E-state index in [-0.39, 0.29) is 23.7 Å². The first-order chi connectivity index (χ1) is 14.4. The highest BCUT2D eigenvalue weighted by molar-refractivity contribution is 5.94. The smallest absolute Gasteiger partial charge is 0.251 e. The number of likely N-dealkylation sites (tertiary alicyclic amines) is 1. The van der Waals surface area contributed by atoms with Crippen LogP contribution in [-0.4, -0.2) is 35.8 Å². The molecule has 1 saturated heterocycles. The minimum atomic E-state index is -0.285. The van der Waals surface area contributed by atoms with Crippen LogP contribution in [0.25, 0.3) is 0 Å². The van der Waals surface area contributed by atoms with Gasteiger partial charge in [0.2, 0.25) is 5.91 Å². The summed E-state index contributed by atoms with van der Waals surface area (Å²) in [5, 5.41) is 3.07. The van der Waals surface area contributed by atoms with Gasteiger partial charge in [-0.05, 0) is 54.7 Å². The molecule has 3 rings (SSSR count). The summed E-state index contributed by atoms with van der Waals surface area (Å²) in [6.45, 7) is 5.74. The van der Waals surface area contributed by atoms with Crippen LogP contribution in [0.4, 0.5) is 4.39 Å². The van der Waals surface area contributed by atoms with E-state index in [9.17, 15) is 14.0 Å². The van der Waals surface area contributed by atoms with Crippen LogP contribution in [0.3, 0.4) is 0 Å². The Labute approximate surface area is 177 Å². The number of nitrogens with zero attached hydrogens (tertiary/aromatic N) is 1. The van der Waals surface area contributed by atoms with Gasteiger partial charge in [0.1, 0.15) is 18.2 Å². The van der Waals surface area contributed by atoms with Crippen molar-refractivity contribution in [2.75, 3.05) is 13.1 Å². The van der Waals surface area contributed by atoms with E-state index < -0.39 is 0 Å². The van der Waals surface area contributed by atoms with E-state index in [4.69, 9.17) is 4.74 Å². The summed E-state index contributed by atoms with van der Waals surface area (Å²) in [4.78, 5) is 26.7. The molecule has 5 nitrogen and oxygen atoms in total. The predicted molar refractivity (Wildman–Crippen MR) is 114 cm³/mol. The Morgan fingerprint density at radius 1 is 1.13 bits per heavy atom. The van der Waals surface area contributed by atoms with E-state index >= 15 is 0 Å². The molecule has 6 heteroatoms. The third-order valence-corrected chi connectivity index (χ3v) is 5.18. The molecule has 160 valence electrons. The molecule has 0 radical (unpaired) electrons. The molecule has 0 atom stereocenters. The Morgan fingerprint density at radius 3 is 2.50 bits per heavy atom. The molecule has 2 aromatic carbocycles. The number of rotatable bonds is 7. The van der Waals surface area contributed by atoms with E-state index in [2.05, 4.69) is 5.32 Å². The molecular formula is C24H29FN2O3. The van der Waals surface area contributed by atoms with Gasteiger partial charge in [0.15, 0.2) is 0 Å². The highest BCUT2D eigenvalue weighted by atomic mass is 19.1. The van der Waals surface area contributed by atoms with Crippen LogP contribution in [0.5, 0.6) is 5.75 Å². The normalized spacial score (nSPS) is 14.6. The van der Waals surface area contributed by atoms with Gasteiger partial charge < -0.3 is 15.0 Å². The fraction of sp³-hybridized carbons (Fsp3) is 0.417. The van der Waals surface area contributed by atoms with Crippen molar-refractivity contribution in [3.8, 4) is 5.75 Å². The van der Waals surface area contributed by atoms with Crippen molar-refractivity contribution in [1.82, 2.24) is 10.2 Å². The van der Waals surface area contributed by atoms with Gasteiger partial charge in [-0.3, -0.25) is 9.59 Å². The lowest BCUT2D eigenvalue weighted by atomic mass is 10.0. The summed E-state index contributed by atoms with van der Waals surface area (Å²) in [5.74, 6) is 0.705. The average Bonchev–Trinajstić information content (AvgIpc) is 2.73. The number of piperidine rings is 1. The Bertz CT molecular complexity index is 859. The zero-order valence-electron chi connectivity index (χ0n) is 17.6. The summed E-state index contributed by atoms with van der Waals surface area (Å²) in [6.07, 6.45) is 2.09. The number of halogens is 1. The molecule has 2 amide bonds. The Kier molecular flexibility index (Phi) is 7.44. The van der Waals surface area contributed by atoms with E-state index in [1.165, 1.54) is 12.1 Å². The first kappa shape index (κ1) is 21.8. The van der Waals surface area contributed by atoms with E-state index in [0.29, 0.717) is 43.3 Å². The third kappa shape index (κ3) is 6.31. The second-order valence-electron chi connectivity index (χ2n) is 8.17. The Hall–Kier alpha value is -2.89. The standard InChI is InChI=1S/C24H29FN2O3/c1-17(2)14-23(28)27-12-10-21(11-13-27)26-24(29)19-4-3-5-22(15-19)30-16-18-6-8-20(25)9-7-18/h3-9,15,17,21H,10-14,16H2,1-2H3,(H,26,29). The Morgan fingerprint density at radius 2 is 1.83 bits per heavy atom. The molecule has 0 saturated carbocycles. The second-order valence-corrected chi connectivity index (χ2v) is 8.17. The number of amides is 2. The maximum Gasteiger partial charge on any atom is 0.251 e.